The maximum Gasteiger partial charge on any atom is 0.329 e. The lowest BCUT2D eigenvalue weighted by Crippen LogP contribution is -2.45. The van der Waals surface area contributed by atoms with Gasteiger partial charge in [0.05, 0.1) is 12.8 Å². The van der Waals surface area contributed by atoms with Crippen LogP contribution in [0.2, 0.25) is 0 Å². The van der Waals surface area contributed by atoms with Crippen LogP contribution in [0.25, 0.3) is 0 Å². The Morgan fingerprint density at radius 3 is 2.23 bits per heavy atom. The summed E-state index contributed by atoms with van der Waals surface area (Å²) >= 11 is 0. The van der Waals surface area contributed by atoms with Crippen molar-refractivity contribution in [2.45, 2.75) is 51.7 Å². The Bertz CT molecular complexity index is 526. The largest absolute Gasteiger partial charge is 0.458 e. The van der Waals surface area contributed by atoms with Crippen LogP contribution in [-0.2, 0) is 23.9 Å². The summed E-state index contributed by atoms with van der Waals surface area (Å²) in [5.41, 5.74) is -0.730. The fourth-order valence-corrected chi connectivity index (χ4v) is 1.91. The molecular weight excluding hydrogens is 340 g/mol. The maximum atomic E-state index is 12.2. The van der Waals surface area contributed by atoms with Crippen LogP contribution in [-0.4, -0.2) is 73.5 Å². The SMILES string of the molecule is CN(C)CC(=O)NCCC(=O)NC(CCC(=O)C=N)C(=O)OC(C)(C)C. The third-order valence-corrected chi connectivity index (χ3v) is 3.00. The average molecular weight is 370 g/mol. The molecule has 0 aromatic rings. The molecule has 3 N–H and O–H groups in total. The second kappa shape index (κ2) is 11.3. The number of carbonyl (C=O) groups is 4. The van der Waals surface area contributed by atoms with Crippen LogP contribution in [0.1, 0.15) is 40.0 Å². The van der Waals surface area contributed by atoms with Gasteiger partial charge < -0.3 is 25.7 Å². The number of ether oxygens (including phenoxy) is 1. The molecule has 9 nitrogen and oxygen atoms in total. The molecule has 0 aliphatic carbocycles. The number of Topliss-reactive ketones (excluding diaryl/α,β-unsaturated/α-hetero) is 1. The van der Waals surface area contributed by atoms with Crippen molar-refractivity contribution in [1.29, 1.82) is 5.41 Å². The van der Waals surface area contributed by atoms with E-state index >= 15 is 0 Å². The van der Waals surface area contributed by atoms with Gasteiger partial charge in [0.15, 0.2) is 5.78 Å². The molecule has 0 radical (unpaired) electrons. The monoisotopic (exact) mass is 370 g/mol. The number of rotatable bonds is 11. The van der Waals surface area contributed by atoms with Gasteiger partial charge in [0.2, 0.25) is 11.8 Å². The number of nitrogens with one attached hydrogen (secondary N) is 3. The van der Waals surface area contributed by atoms with Gasteiger partial charge in [-0.15, -0.1) is 0 Å². The lowest BCUT2D eigenvalue weighted by molar-refractivity contribution is -0.158. The van der Waals surface area contributed by atoms with E-state index in [4.69, 9.17) is 10.1 Å². The number of hydrogen-bond donors (Lipinski definition) is 3. The standard InChI is InChI=1S/C17H30N4O5/c1-17(2,3)26-16(25)13(7-6-12(22)10-18)20-14(23)8-9-19-15(24)11-21(4)5/h10,13,18H,6-9,11H2,1-5H3,(H,19,24)(H,20,23). The predicted octanol–water partition coefficient (Wildman–Crippen LogP) is -0.120. The number of ketones is 1. The van der Waals surface area contributed by atoms with Gasteiger partial charge in [-0.2, -0.15) is 0 Å². The Labute approximate surface area is 154 Å². The minimum Gasteiger partial charge on any atom is -0.458 e. The number of esters is 1. The Balaban J connectivity index is 4.61. The van der Waals surface area contributed by atoms with Gasteiger partial charge in [-0.25, -0.2) is 4.79 Å². The van der Waals surface area contributed by atoms with Gasteiger partial charge in [0.1, 0.15) is 11.6 Å². The molecule has 0 spiro atoms. The minimum atomic E-state index is -0.983. The van der Waals surface area contributed by atoms with Crippen LogP contribution in [0.4, 0.5) is 0 Å². The third-order valence-electron chi connectivity index (χ3n) is 3.00. The molecule has 0 aliphatic heterocycles. The highest BCUT2D eigenvalue weighted by atomic mass is 16.6. The summed E-state index contributed by atoms with van der Waals surface area (Å²) in [6, 6.07) is -0.983. The van der Waals surface area contributed by atoms with Crippen LogP contribution in [0.15, 0.2) is 0 Å². The zero-order valence-corrected chi connectivity index (χ0v) is 16.2. The van der Waals surface area contributed by atoms with Crippen molar-refractivity contribution >= 4 is 29.8 Å². The summed E-state index contributed by atoms with van der Waals surface area (Å²) in [7, 11) is 3.51. The van der Waals surface area contributed by atoms with E-state index in [0.717, 1.165) is 0 Å². The number of hydrogen-bond acceptors (Lipinski definition) is 7. The molecule has 0 saturated carbocycles. The second-order valence-corrected chi connectivity index (χ2v) is 7.14. The van der Waals surface area contributed by atoms with E-state index in [1.54, 1.807) is 39.8 Å². The smallest absolute Gasteiger partial charge is 0.329 e. The number of likely N-dealkylation sites (N-methyl/N-ethyl adjacent to an activating group) is 1. The van der Waals surface area contributed by atoms with E-state index in [9.17, 15) is 19.2 Å². The lowest BCUT2D eigenvalue weighted by Gasteiger charge is -2.24. The summed E-state index contributed by atoms with van der Waals surface area (Å²) in [5, 5.41) is 12.0. The van der Waals surface area contributed by atoms with Crippen LogP contribution in [0.3, 0.4) is 0 Å². The summed E-state index contributed by atoms with van der Waals surface area (Å²) in [6.07, 6.45) is 0.667. The second-order valence-electron chi connectivity index (χ2n) is 7.14. The Hall–Kier alpha value is -2.29. The topological polar surface area (TPSA) is 129 Å². The van der Waals surface area contributed by atoms with E-state index in [-0.39, 0.29) is 38.3 Å². The molecule has 0 heterocycles. The quantitative estimate of drug-likeness (QED) is 0.343. The van der Waals surface area contributed by atoms with Gasteiger partial charge in [-0.3, -0.25) is 14.4 Å². The highest BCUT2D eigenvalue weighted by Gasteiger charge is 2.26. The molecule has 0 saturated heterocycles. The number of amides is 2. The van der Waals surface area contributed by atoms with Gasteiger partial charge in [0, 0.05) is 19.4 Å². The Morgan fingerprint density at radius 1 is 1.12 bits per heavy atom. The van der Waals surface area contributed by atoms with Crippen molar-refractivity contribution in [3.8, 4) is 0 Å². The fraction of sp³-hybridized carbons (Fsp3) is 0.706. The molecule has 0 aromatic heterocycles. The Kier molecular flexibility index (Phi) is 10.3. The fourth-order valence-electron chi connectivity index (χ4n) is 1.91. The van der Waals surface area contributed by atoms with Crippen molar-refractivity contribution in [1.82, 2.24) is 15.5 Å². The Morgan fingerprint density at radius 2 is 1.73 bits per heavy atom. The maximum absolute atomic E-state index is 12.2. The van der Waals surface area contributed by atoms with E-state index in [1.807, 2.05) is 0 Å². The number of carbonyl (C=O) groups excluding carboxylic acids is 4. The molecular formula is C17H30N4O5. The lowest BCUT2D eigenvalue weighted by atomic mass is 10.1. The van der Waals surface area contributed by atoms with Gasteiger partial charge >= 0.3 is 5.97 Å². The first-order valence-corrected chi connectivity index (χ1v) is 8.41. The van der Waals surface area contributed by atoms with E-state index in [0.29, 0.717) is 6.21 Å². The molecule has 1 unspecified atom stereocenters. The molecule has 9 heteroatoms. The molecule has 1 atom stereocenters. The first-order chi connectivity index (χ1) is 11.9. The van der Waals surface area contributed by atoms with Crippen molar-refractivity contribution in [2.75, 3.05) is 27.2 Å². The van der Waals surface area contributed by atoms with E-state index in [2.05, 4.69) is 10.6 Å². The van der Waals surface area contributed by atoms with Crippen LogP contribution in [0, 0.1) is 5.41 Å². The van der Waals surface area contributed by atoms with Crippen LogP contribution in [0.5, 0.6) is 0 Å². The van der Waals surface area contributed by atoms with Gasteiger partial charge in [-0.05, 0) is 41.3 Å². The summed E-state index contributed by atoms with van der Waals surface area (Å²) in [4.78, 5) is 48.8. The predicted molar refractivity (Wildman–Crippen MR) is 97.0 cm³/mol. The zero-order chi connectivity index (χ0) is 20.3. The first kappa shape index (κ1) is 23.7. The van der Waals surface area contributed by atoms with Crippen molar-refractivity contribution in [3.05, 3.63) is 0 Å². The van der Waals surface area contributed by atoms with Crippen LogP contribution >= 0.6 is 0 Å². The summed E-state index contributed by atoms with van der Waals surface area (Å²) < 4.78 is 5.26. The molecule has 148 valence electrons. The highest BCUT2D eigenvalue weighted by Crippen LogP contribution is 2.11. The molecule has 0 aromatic carbocycles. The molecule has 0 aliphatic rings. The molecule has 0 rings (SSSR count). The zero-order valence-electron chi connectivity index (χ0n) is 16.2. The number of nitrogens with zero attached hydrogens (tertiary/aromatic N) is 1. The van der Waals surface area contributed by atoms with E-state index < -0.39 is 29.3 Å². The highest BCUT2D eigenvalue weighted by molar-refractivity contribution is 6.26. The molecule has 2 amide bonds. The van der Waals surface area contributed by atoms with Gasteiger partial charge in [0.25, 0.3) is 0 Å². The molecule has 26 heavy (non-hydrogen) atoms. The molecule has 0 fully saturated rings. The van der Waals surface area contributed by atoms with Crippen molar-refractivity contribution in [3.63, 3.8) is 0 Å². The average Bonchev–Trinajstić information content (AvgIpc) is 2.48. The van der Waals surface area contributed by atoms with Crippen molar-refractivity contribution in [2.24, 2.45) is 0 Å². The normalized spacial score (nSPS) is 12.2. The minimum absolute atomic E-state index is 0.00299. The molecule has 0 bridgehead atoms. The van der Waals surface area contributed by atoms with Gasteiger partial charge in [-0.1, -0.05) is 0 Å². The third kappa shape index (κ3) is 12.1. The summed E-state index contributed by atoms with van der Waals surface area (Å²) in [5.74, 6) is -1.72. The van der Waals surface area contributed by atoms with Crippen LogP contribution < -0.4 is 10.6 Å². The summed E-state index contributed by atoms with van der Waals surface area (Å²) in [6.45, 7) is 5.46. The van der Waals surface area contributed by atoms with E-state index in [1.165, 1.54) is 0 Å². The van der Waals surface area contributed by atoms with Crippen molar-refractivity contribution < 1.29 is 23.9 Å². The first-order valence-electron chi connectivity index (χ1n) is 8.41.